The lowest BCUT2D eigenvalue weighted by Gasteiger charge is -2.50. The van der Waals surface area contributed by atoms with Crippen molar-refractivity contribution in [2.45, 2.75) is 32.3 Å². The minimum atomic E-state index is -0.201. The summed E-state index contributed by atoms with van der Waals surface area (Å²) in [6.45, 7) is 4.49. The fourth-order valence-corrected chi connectivity index (χ4v) is 4.15. The van der Waals surface area contributed by atoms with Crippen LogP contribution in [0.2, 0.25) is 0 Å². The highest BCUT2D eigenvalue weighted by atomic mass is 16.5. The lowest BCUT2D eigenvalue weighted by atomic mass is 9.73. The fourth-order valence-electron chi connectivity index (χ4n) is 4.15. The van der Waals surface area contributed by atoms with Crippen molar-refractivity contribution in [1.82, 2.24) is 14.9 Å². The maximum Gasteiger partial charge on any atom is 0.272 e. The lowest BCUT2D eigenvalue weighted by Crippen LogP contribution is -2.58. The zero-order chi connectivity index (χ0) is 18.7. The molecule has 0 N–H and O–H groups in total. The van der Waals surface area contributed by atoms with Crippen LogP contribution in [0.4, 0.5) is 0 Å². The summed E-state index contributed by atoms with van der Waals surface area (Å²) in [5.41, 5.74) is 1.16. The van der Waals surface area contributed by atoms with Crippen molar-refractivity contribution in [2.75, 3.05) is 26.3 Å². The second-order valence-electron chi connectivity index (χ2n) is 7.46. The number of carbonyl (C=O) groups excluding carboxylic acids is 1. The van der Waals surface area contributed by atoms with Crippen LogP contribution >= 0.6 is 0 Å². The first-order chi connectivity index (χ1) is 13.2. The summed E-state index contributed by atoms with van der Waals surface area (Å²) in [4.78, 5) is 23.6. The van der Waals surface area contributed by atoms with Crippen LogP contribution in [-0.2, 0) is 4.74 Å². The molecule has 2 atom stereocenters. The molecule has 142 valence electrons. The highest BCUT2D eigenvalue weighted by Crippen LogP contribution is 2.40. The first-order valence-corrected chi connectivity index (χ1v) is 9.55. The zero-order valence-corrected chi connectivity index (χ0v) is 15.6. The van der Waals surface area contributed by atoms with Crippen LogP contribution in [0, 0.1) is 12.3 Å². The van der Waals surface area contributed by atoms with Gasteiger partial charge in [-0.25, -0.2) is 9.97 Å². The van der Waals surface area contributed by atoms with Crippen LogP contribution in [0.15, 0.2) is 42.6 Å². The van der Waals surface area contributed by atoms with E-state index in [-0.39, 0.29) is 17.4 Å². The number of rotatable bonds is 4. The molecular weight excluding hydrogens is 342 g/mol. The van der Waals surface area contributed by atoms with Gasteiger partial charge in [0.15, 0.2) is 0 Å². The summed E-state index contributed by atoms with van der Waals surface area (Å²) < 4.78 is 12.1. The molecule has 4 rings (SSSR count). The predicted molar refractivity (Wildman–Crippen MR) is 101 cm³/mol. The summed E-state index contributed by atoms with van der Waals surface area (Å²) in [6, 6.07) is 11.2. The SMILES string of the molecule is Cc1cccc(C(=O)N2CC[C@H]3OCCC[C@]3(COc3ccccn3)C2)n1. The molecule has 2 saturated heterocycles. The highest BCUT2D eigenvalue weighted by molar-refractivity contribution is 5.92. The van der Waals surface area contributed by atoms with Gasteiger partial charge in [0.25, 0.3) is 5.91 Å². The normalized spacial score (nSPS) is 24.9. The molecule has 0 radical (unpaired) electrons. The van der Waals surface area contributed by atoms with Crippen LogP contribution in [0.5, 0.6) is 5.88 Å². The van der Waals surface area contributed by atoms with Crippen LogP contribution < -0.4 is 4.74 Å². The van der Waals surface area contributed by atoms with E-state index in [4.69, 9.17) is 9.47 Å². The topological polar surface area (TPSA) is 64.6 Å². The minimum absolute atomic E-state index is 0.0139. The molecule has 1 amide bonds. The Balaban J connectivity index is 1.52. The molecular formula is C21H25N3O3. The number of hydrogen-bond donors (Lipinski definition) is 0. The molecule has 6 heteroatoms. The van der Waals surface area contributed by atoms with Gasteiger partial charge in [-0.2, -0.15) is 0 Å². The molecule has 4 heterocycles. The van der Waals surface area contributed by atoms with Gasteiger partial charge in [0.2, 0.25) is 5.88 Å². The monoisotopic (exact) mass is 367 g/mol. The van der Waals surface area contributed by atoms with Gasteiger partial charge in [0.1, 0.15) is 5.69 Å². The first-order valence-electron chi connectivity index (χ1n) is 9.55. The first kappa shape index (κ1) is 17.9. The third-order valence-corrected chi connectivity index (χ3v) is 5.53. The molecule has 0 aliphatic carbocycles. The molecule has 0 bridgehead atoms. The van der Waals surface area contributed by atoms with Crippen molar-refractivity contribution in [1.29, 1.82) is 0 Å². The third-order valence-electron chi connectivity index (χ3n) is 5.53. The number of hydrogen-bond acceptors (Lipinski definition) is 5. The van der Waals surface area contributed by atoms with E-state index in [1.807, 2.05) is 42.2 Å². The van der Waals surface area contributed by atoms with Crippen molar-refractivity contribution in [3.63, 3.8) is 0 Å². The average Bonchev–Trinajstić information content (AvgIpc) is 2.72. The van der Waals surface area contributed by atoms with Gasteiger partial charge in [-0.3, -0.25) is 4.79 Å². The molecule has 0 saturated carbocycles. The van der Waals surface area contributed by atoms with Crippen LogP contribution in [0.25, 0.3) is 0 Å². The highest BCUT2D eigenvalue weighted by Gasteiger charge is 2.48. The summed E-state index contributed by atoms with van der Waals surface area (Å²) in [6.07, 6.45) is 4.62. The molecule has 2 aliphatic rings. The van der Waals surface area contributed by atoms with E-state index in [0.29, 0.717) is 31.3 Å². The number of piperidine rings is 1. The predicted octanol–water partition coefficient (Wildman–Crippen LogP) is 2.88. The largest absolute Gasteiger partial charge is 0.477 e. The molecule has 0 unspecified atom stereocenters. The van der Waals surface area contributed by atoms with Gasteiger partial charge in [0, 0.05) is 43.1 Å². The van der Waals surface area contributed by atoms with Crippen LogP contribution in [0.1, 0.15) is 35.4 Å². The Morgan fingerprint density at radius 2 is 2.26 bits per heavy atom. The van der Waals surface area contributed by atoms with E-state index in [9.17, 15) is 4.79 Å². The lowest BCUT2D eigenvalue weighted by molar-refractivity contribution is -0.133. The Labute approximate surface area is 159 Å². The van der Waals surface area contributed by atoms with Gasteiger partial charge >= 0.3 is 0 Å². The van der Waals surface area contributed by atoms with E-state index >= 15 is 0 Å². The number of aryl methyl sites for hydroxylation is 1. The van der Waals surface area contributed by atoms with Crippen molar-refractivity contribution in [3.05, 3.63) is 54.0 Å². The average molecular weight is 367 g/mol. The number of carbonyl (C=O) groups is 1. The Kier molecular flexibility index (Phi) is 5.07. The Bertz CT molecular complexity index is 798. The standard InChI is InChI=1S/C21H25N3O3/c1-16-6-4-7-17(23-16)20(25)24-12-9-18-21(14-24,10-5-13-26-18)15-27-19-8-2-3-11-22-19/h2-4,6-8,11,18H,5,9-10,12-15H2,1H3/t18-,21-/m1/s1. The fraction of sp³-hybridized carbons (Fsp3) is 0.476. The van der Waals surface area contributed by atoms with E-state index in [0.717, 1.165) is 31.6 Å². The van der Waals surface area contributed by atoms with Crippen molar-refractivity contribution in [2.24, 2.45) is 5.41 Å². The maximum atomic E-state index is 13.0. The second-order valence-corrected chi connectivity index (χ2v) is 7.46. The molecule has 2 aromatic rings. The number of amides is 1. The van der Waals surface area contributed by atoms with E-state index < -0.39 is 0 Å². The van der Waals surface area contributed by atoms with Gasteiger partial charge in [-0.05, 0) is 44.4 Å². The number of likely N-dealkylation sites (tertiary alicyclic amines) is 1. The van der Waals surface area contributed by atoms with Crippen molar-refractivity contribution < 1.29 is 14.3 Å². The second kappa shape index (κ2) is 7.64. The van der Waals surface area contributed by atoms with Gasteiger partial charge in [-0.1, -0.05) is 12.1 Å². The number of pyridine rings is 2. The summed E-state index contributed by atoms with van der Waals surface area (Å²) >= 11 is 0. The van der Waals surface area contributed by atoms with Crippen LogP contribution in [-0.4, -0.2) is 53.2 Å². The van der Waals surface area contributed by atoms with Crippen molar-refractivity contribution in [3.8, 4) is 5.88 Å². The number of aromatic nitrogens is 2. The van der Waals surface area contributed by atoms with E-state index in [2.05, 4.69) is 9.97 Å². The van der Waals surface area contributed by atoms with Crippen molar-refractivity contribution >= 4 is 5.91 Å². The Hall–Kier alpha value is -2.47. The summed E-state index contributed by atoms with van der Waals surface area (Å²) in [7, 11) is 0. The smallest absolute Gasteiger partial charge is 0.272 e. The van der Waals surface area contributed by atoms with Gasteiger partial charge in [0.05, 0.1) is 12.7 Å². The van der Waals surface area contributed by atoms with Crippen LogP contribution in [0.3, 0.4) is 0 Å². The van der Waals surface area contributed by atoms with Gasteiger partial charge in [-0.15, -0.1) is 0 Å². The van der Waals surface area contributed by atoms with E-state index in [1.54, 1.807) is 12.3 Å². The summed E-state index contributed by atoms with van der Waals surface area (Å²) in [5.74, 6) is 0.597. The molecule has 2 fully saturated rings. The minimum Gasteiger partial charge on any atom is -0.477 e. The Morgan fingerprint density at radius 3 is 3.07 bits per heavy atom. The molecule has 27 heavy (non-hydrogen) atoms. The number of ether oxygens (including phenoxy) is 2. The Morgan fingerprint density at radius 1 is 1.33 bits per heavy atom. The molecule has 2 aromatic heterocycles. The maximum absolute atomic E-state index is 13.0. The van der Waals surface area contributed by atoms with Gasteiger partial charge < -0.3 is 14.4 Å². The third kappa shape index (κ3) is 3.81. The number of fused-ring (bicyclic) bond motifs is 1. The number of nitrogens with zero attached hydrogens (tertiary/aromatic N) is 3. The van der Waals surface area contributed by atoms with E-state index in [1.165, 1.54) is 0 Å². The molecule has 0 spiro atoms. The molecule has 2 aliphatic heterocycles. The quantitative estimate of drug-likeness (QED) is 0.831. The molecule has 0 aromatic carbocycles. The molecule has 6 nitrogen and oxygen atoms in total. The zero-order valence-electron chi connectivity index (χ0n) is 15.6. The summed E-state index contributed by atoms with van der Waals surface area (Å²) in [5, 5.41) is 0.